The van der Waals surface area contributed by atoms with E-state index in [-0.39, 0.29) is 29.3 Å². The maximum Gasteiger partial charge on any atom is 0.243 e. The van der Waals surface area contributed by atoms with Gasteiger partial charge in [0.25, 0.3) is 0 Å². The Morgan fingerprint density at radius 3 is 2.55 bits per heavy atom. The minimum absolute atomic E-state index is 0.00759. The van der Waals surface area contributed by atoms with Gasteiger partial charge in [0.15, 0.2) is 0 Å². The molecule has 7 nitrogen and oxygen atoms in total. The number of likely N-dealkylation sites (N-methyl/N-ethyl adjacent to an activating group) is 1. The fraction of sp³-hybridized carbons (Fsp3) is 0.440. The highest BCUT2D eigenvalue weighted by Crippen LogP contribution is 2.38. The van der Waals surface area contributed by atoms with Crippen molar-refractivity contribution in [1.29, 1.82) is 0 Å². The summed E-state index contributed by atoms with van der Waals surface area (Å²) in [6, 6.07) is 12.4. The van der Waals surface area contributed by atoms with Crippen molar-refractivity contribution in [3.8, 4) is 0 Å². The summed E-state index contributed by atoms with van der Waals surface area (Å²) in [5, 5.41) is 2.81. The molecule has 33 heavy (non-hydrogen) atoms. The third-order valence-electron chi connectivity index (χ3n) is 6.71. The van der Waals surface area contributed by atoms with Gasteiger partial charge >= 0.3 is 0 Å². The van der Waals surface area contributed by atoms with Gasteiger partial charge in [-0.15, -0.1) is 0 Å². The third-order valence-corrected chi connectivity index (χ3v) is 8.50. The Hall–Kier alpha value is -2.71. The van der Waals surface area contributed by atoms with Crippen LogP contribution in [0.25, 0.3) is 0 Å². The van der Waals surface area contributed by atoms with Gasteiger partial charge in [0.1, 0.15) is 0 Å². The number of sulfonamides is 1. The fourth-order valence-electron chi connectivity index (χ4n) is 4.56. The highest BCUT2D eigenvalue weighted by molar-refractivity contribution is 7.89. The molecule has 1 atom stereocenters. The quantitative estimate of drug-likeness (QED) is 0.671. The van der Waals surface area contributed by atoms with Crippen LogP contribution in [0.15, 0.2) is 47.4 Å². The number of aryl methyl sites for hydroxylation is 1. The predicted molar refractivity (Wildman–Crippen MR) is 129 cm³/mol. The van der Waals surface area contributed by atoms with E-state index >= 15 is 0 Å². The zero-order valence-corrected chi connectivity index (χ0v) is 20.2. The number of carbonyl (C=O) groups is 2. The van der Waals surface area contributed by atoms with Crippen LogP contribution >= 0.6 is 0 Å². The van der Waals surface area contributed by atoms with Crippen molar-refractivity contribution < 1.29 is 18.0 Å². The lowest BCUT2D eigenvalue weighted by molar-refractivity contribution is -0.125. The second-order valence-corrected chi connectivity index (χ2v) is 11.0. The lowest BCUT2D eigenvalue weighted by Crippen LogP contribution is -2.42. The minimum atomic E-state index is -3.86. The maximum atomic E-state index is 13.2. The maximum absolute atomic E-state index is 13.2. The largest absolute Gasteiger partial charge is 0.325 e. The number of carbonyl (C=O) groups excluding carboxylic acids is 2. The van der Waals surface area contributed by atoms with E-state index in [0.717, 1.165) is 46.8 Å². The van der Waals surface area contributed by atoms with E-state index in [1.165, 1.54) is 13.1 Å². The van der Waals surface area contributed by atoms with E-state index in [9.17, 15) is 18.0 Å². The number of hydrogen-bond donors (Lipinski definition) is 1. The van der Waals surface area contributed by atoms with Crippen molar-refractivity contribution in [2.75, 3.05) is 23.8 Å². The molecule has 1 fully saturated rings. The molecule has 0 spiro atoms. The standard InChI is InChI=1S/C25H31N3O4S/c1-4-18-8-5-6-11-22(18)26-24(29)16-27(3)33(31,32)21-12-13-23-20(15-21)14-17(2)28(23)25(30)19-9-7-10-19/h5-6,8,11-13,15,17,19H,4,7,9-10,14,16H2,1-3H3,(H,26,29)/t17-/m1/s1. The number of nitrogens with zero attached hydrogens (tertiary/aromatic N) is 2. The Morgan fingerprint density at radius 2 is 1.88 bits per heavy atom. The molecule has 1 aliphatic heterocycles. The van der Waals surface area contributed by atoms with Gasteiger partial charge in [-0.1, -0.05) is 31.5 Å². The van der Waals surface area contributed by atoms with E-state index in [2.05, 4.69) is 5.32 Å². The van der Waals surface area contributed by atoms with Crippen LogP contribution in [0.5, 0.6) is 0 Å². The molecule has 0 saturated heterocycles. The van der Waals surface area contributed by atoms with Crippen LogP contribution in [0.1, 0.15) is 44.2 Å². The average molecular weight is 470 g/mol. The zero-order valence-electron chi connectivity index (χ0n) is 19.4. The van der Waals surface area contributed by atoms with E-state index in [1.807, 2.05) is 43.0 Å². The smallest absolute Gasteiger partial charge is 0.243 e. The second-order valence-electron chi connectivity index (χ2n) is 9.00. The molecule has 4 rings (SSSR count). The minimum Gasteiger partial charge on any atom is -0.325 e. The number of rotatable bonds is 7. The van der Waals surface area contributed by atoms with Gasteiger partial charge in [-0.3, -0.25) is 9.59 Å². The first-order valence-corrected chi connectivity index (χ1v) is 13.0. The van der Waals surface area contributed by atoms with Gasteiger partial charge in [-0.05, 0) is 68.0 Å². The van der Waals surface area contributed by atoms with E-state index < -0.39 is 15.9 Å². The Kier molecular flexibility index (Phi) is 6.59. The molecule has 8 heteroatoms. The first-order valence-electron chi connectivity index (χ1n) is 11.5. The number of amides is 2. The first kappa shape index (κ1) is 23.4. The number of hydrogen-bond acceptors (Lipinski definition) is 4. The molecule has 1 N–H and O–H groups in total. The fourth-order valence-corrected chi connectivity index (χ4v) is 5.74. The number of para-hydroxylation sites is 1. The van der Waals surface area contributed by atoms with E-state index in [4.69, 9.17) is 0 Å². The monoisotopic (exact) mass is 469 g/mol. The summed E-state index contributed by atoms with van der Waals surface area (Å²) in [7, 11) is -2.45. The van der Waals surface area contributed by atoms with Crippen molar-refractivity contribution in [2.45, 2.75) is 56.9 Å². The zero-order chi connectivity index (χ0) is 23.8. The summed E-state index contributed by atoms with van der Waals surface area (Å²) >= 11 is 0. The number of anilines is 2. The molecule has 1 aliphatic carbocycles. The Morgan fingerprint density at radius 1 is 1.15 bits per heavy atom. The molecule has 0 aromatic heterocycles. The summed E-state index contributed by atoms with van der Waals surface area (Å²) in [5.41, 5.74) is 3.34. The molecule has 176 valence electrons. The highest BCUT2D eigenvalue weighted by Gasteiger charge is 2.37. The summed E-state index contributed by atoms with van der Waals surface area (Å²) in [6.45, 7) is 3.70. The molecule has 1 saturated carbocycles. The molecule has 1 heterocycles. The Bertz CT molecular complexity index is 1170. The van der Waals surface area contributed by atoms with Crippen molar-refractivity contribution in [2.24, 2.45) is 5.92 Å². The number of benzene rings is 2. The van der Waals surface area contributed by atoms with E-state index in [0.29, 0.717) is 12.1 Å². The molecule has 2 amide bonds. The van der Waals surface area contributed by atoms with Crippen molar-refractivity contribution in [3.05, 3.63) is 53.6 Å². The Balaban J connectivity index is 1.48. The normalized spacial score (nSPS) is 18.2. The van der Waals surface area contributed by atoms with Crippen molar-refractivity contribution >= 4 is 33.2 Å². The van der Waals surface area contributed by atoms with Crippen LogP contribution in [-0.4, -0.2) is 44.2 Å². The van der Waals surface area contributed by atoms with Gasteiger partial charge in [-0.2, -0.15) is 4.31 Å². The van der Waals surface area contributed by atoms with Crippen molar-refractivity contribution in [3.63, 3.8) is 0 Å². The van der Waals surface area contributed by atoms with Gasteiger partial charge in [0.05, 0.1) is 11.4 Å². The lowest BCUT2D eigenvalue weighted by atomic mass is 9.84. The first-order chi connectivity index (χ1) is 15.7. The van der Waals surface area contributed by atoms with Crippen LogP contribution in [0.4, 0.5) is 11.4 Å². The molecule has 0 bridgehead atoms. The molecule has 2 aliphatic rings. The molecule has 0 radical (unpaired) electrons. The second kappa shape index (κ2) is 9.27. The van der Waals surface area contributed by atoms with E-state index in [1.54, 1.807) is 12.1 Å². The van der Waals surface area contributed by atoms with Gasteiger partial charge in [0, 0.05) is 30.4 Å². The summed E-state index contributed by atoms with van der Waals surface area (Å²) in [4.78, 5) is 27.4. The molecule has 2 aromatic rings. The predicted octanol–water partition coefficient (Wildman–Crippen LogP) is 3.59. The highest BCUT2D eigenvalue weighted by atomic mass is 32.2. The van der Waals surface area contributed by atoms with Crippen LogP contribution in [-0.2, 0) is 32.5 Å². The molecule has 2 aromatic carbocycles. The third kappa shape index (κ3) is 4.54. The topological polar surface area (TPSA) is 86.8 Å². The summed E-state index contributed by atoms with van der Waals surface area (Å²) < 4.78 is 27.4. The molecule has 0 unspecified atom stereocenters. The van der Waals surface area contributed by atoms with Gasteiger partial charge in [0.2, 0.25) is 21.8 Å². The number of nitrogens with one attached hydrogen (secondary N) is 1. The molecular weight excluding hydrogens is 438 g/mol. The van der Waals surface area contributed by atoms with Crippen LogP contribution in [0, 0.1) is 5.92 Å². The van der Waals surface area contributed by atoms with Crippen LogP contribution in [0.2, 0.25) is 0 Å². The summed E-state index contributed by atoms with van der Waals surface area (Å²) in [5.74, 6) is -0.164. The number of fused-ring (bicyclic) bond motifs is 1. The lowest BCUT2D eigenvalue weighted by Gasteiger charge is -2.32. The summed E-state index contributed by atoms with van der Waals surface area (Å²) in [6.07, 6.45) is 4.33. The SMILES string of the molecule is CCc1ccccc1NC(=O)CN(C)S(=O)(=O)c1ccc2c(c1)C[C@@H](C)N2C(=O)C1CCC1. The van der Waals surface area contributed by atoms with Crippen molar-refractivity contribution in [1.82, 2.24) is 4.31 Å². The van der Waals surface area contributed by atoms with Gasteiger partial charge < -0.3 is 10.2 Å². The van der Waals surface area contributed by atoms with Crippen LogP contribution < -0.4 is 10.2 Å². The Labute approximate surface area is 195 Å². The average Bonchev–Trinajstić information content (AvgIpc) is 3.07. The van der Waals surface area contributed by atoms with Crippen LogP contribution in [0.3, 0.4) is 0 Å². The van der Waals surface area contributed by atoms with Gasteiger partial charge in [-0.25, -0.2) is 8.42 Å². The molecular formula is C25H31N3O4S.